The first kappa shape index (κ1) is 18.0. The first-order valence-corrected chi connectivity index (χ1v) is 9.56. The number of anilines is 2. The van der Waals surface area contributed by atoms with E-state index in [0.717, 1.165) is 38.5 Å². The summed E-state index contributed by atoms with van der Waals surface area (Å²) in [5.74, 6) is 0.131. The van der Waals surface area contributed by atoms with Crippen LogP contribution in [-0.2, 0) is 23.1 Å². The lowest BCUT2D eigenvalue weighted by atomic mass is 10.1. The molecule has 0 aliphatic carbocycles. The number of carbonyl (C=O) groups excluding carboxylic acids is 1. The van der Waals surface area contributed by atoms with E-state index >= 15 is 0 Å². The van der Waals surface area contributed by atoms with Crippen LogP contribution in [0.15, 0.2) is 36.7 Å². The molecule has 2 aliphatic rings. The first-order valence-electron chi connectivity index (χ1n) is 9.56. The highest BCUT2D eigenvalue weighted by atomic mass is 16.5. The van der Waals surface area contributed by atoms with Crippen LogP contribution in [0.1, 0.15) is 12.5 Å². The second-order valence-corrected chi connectivity index (χ2v) is 7.38. The minimum Gasteiger partial charge on any atom is -0.375 e. The number of hydrogen-bond acceptors (Lipinski definition) is 5. The van der Waals surface area contributed by atoms with Gasteiger partial charge >= 0.3 is 0 Å². The summed E-state index contributed by atoms with van der Waals surface area (Å²) in [6, 6.07) is 8.52. The van der Waals surface area contributed by atoms with Gasteiger partial charge < -0.3 is 14.5 Å². The summed E-state index contributed by atoms with van der Waals surface area (Å²) in [4.78, 5) is 19.1. The third kappa shape index (κ3) is 3.99. The molecule has 0 unspecified atom stereocenters. The number of carbonyl (C=O) groups is 1. The molecule has 144 valence electrons. The number of nitrogens with zero attached hydrogens (tertiary/aromatic N) is 5. The van der Waals surface area contributed by atoms with Crippen molar-refractivity contribution < 1.29 is 9.53 Å². The second kappa shape index (κ2) is 7.70. The Kier molecular flexibility index (Phi) is 5.13. The van der Waals surface area contributed by atoms with Crippen molar-refractivity contribution in [2.75, 3.05) is 49.1 Å². The lowest BCUT2D eigenvalue weighted by Crippen LogP contribution is -2.50. The van der Waals surface area contributed by atoms with Gasteiger partial charge in [0.05, 0.1) is 31.1 Å². The number of para-hydroxylation sites is 1. The number of aromatic nitrogens is 2. The highest BCUT2D eigenvalue weighted by molar-refractivity contribution is 5.95. The van der Waals surface area contributed by atoms with Crippen molar-refractivity contribution in [3.63, 3.8) is 0 Å². The molecule has 2 aliphatic heterocycles. The van der Waals surface area contributed by atoms with Gasteiger partial charge in [-0.1, -0.05) is 18.2 Å². The number of ether oxygens (including phenoxy) is 1. The smallest absolute Gasteiger partial charge is 0.241 e. The Balaban J connectivity index is 1.44. The van der Waals surface area contributed by atoms with Gasteiger partial charge in [0.25, 0.3) is 0 Å². The third-order valence-electron chi connectivity index (χ3n) is 5.27. The van der Waals surface area contributed by atoms with E-state index in [1.54, 1.807) is 10.9 Å². The van der Waals surface area contributed by atoms with Crippen molar-refractivity contribution >= 4 is 17.3 Å². The maximum absolute atomic E-state index is 12.7. The average Bonchev–Trinajstić information content (AvgIpc) is 3.08. The Morgan fingerprint density at radius 3 is 2.81 bits per heavy atom. The Morgan fingerprint density at radius 1 is 1.22 bits per heavy atom. The number of rotatable bonds is 4. The number of morpholine rings is 1. The van der Waals surface area contributed by atoms with Gasteiger partial charge in [-0.2, -0.15) is 5.10 Å². The molecule has 2 saturated heterocycles. The Hall–Kier alpha value is -2.38. The zero-order valence-corrected chi connectivity index (χ0v) is 16.0. The summed E-state index contributed by atoms with van der Waals surface area (Å²) >= 11 is 0. The monoisotopic (exact) mass is 369 g/mol. The molecule has 3 heterocycles. The molecule has 4 rings (SSSR count). The molecule has 1 aromatic carbocycles. The van der Waals surface area contributed by atoms with Gasteiger partial charge in [-0.15, -0.1) is 0 Å². The summed E-state index contributed by atoms with van der Waals surface area (Å²) in [5, 5.41) is 4.18. The van der Waals surface area contributed by atoms with Gasteiger partial charge in [-0.25, -0.2) is 0 Å². The van der Waals surface area contributed by atoms with Crippen molar-refractivity contribution in [2.45, 2.75) is 19.6 Å². The molecular weight excluding hydrogens is 342 g/mol. The van der Waals surface area contributed by atoms with Crippen LogP contribution < -0.4 is 9.80 Å². The summed E-state index contributed by atoms with van der Waals surface area (Å²) < 4.78 is 7.41. The Bertz CT molecular complexity index is 805. The highest BCUT2D eigenvalue weighted by Gasteiger charge is 2.27. The van der Waals surface area contributed by atoms with Crippen molar-refractivity contribution in [3.05, 3.63) is 42.2 Å². The van der Waals surface area contributed by atoms with Crippen LogP contribution in [0, 0.1) is 0 Å². The van der Waals surface area contributed by atoms with E-state index in [2.05, 4.69) is 46.1 Å². The zero-order valence-electron chi connectivity index (χ0n) is 16.0. The fraction of sp³-hybridized carbons (Fsp3) is 0.500. The van der Waals surface area contributed by atoms with Crippen LogP contribution in [0.4, 0.5) is 11.4 Å². The molecule has 2 fully saturated rings. The standard InChI is InChI=1S/C20H27N5O2/c1-16-12-24(9-10-27-16)19-6-4-3-5-17(19)13-23-7-8-25(20(26)15-23)18-11-21-22(2)14-18/h3-6,11,14,16H,7-10,12-13,15H2,1-2H3/t16-/m1/s1. The van der Waals surface area contributed by atoms with Crippen molar-refractivity contribution in [3.8, 4) is 0 Å². The van der Waals surface area contributed by atoms with Crippen LogP contribution in [0.5, 0.6) is 0 Å². The lowest BCUT2D eigenvalue weighted by molar-refractivity contribution is -0.121. The maximum Gasteiger partial charge on any atom is 0.241 e. The molecule has 1 atom stereocenters. The van der Waals surface area contributed by atoms with Gasteiger partial charge in [0, 0.05) is 51.7 Å². The number of benzene rings is 1. The van der Waals surface area contributed by atoms with E-state index in [1.165, 1.54) is 11.3 Å². The number of aryl methyl sites for hydroxylation is 1. The normalized spacial score (nSPS) is 21.7. The maximum atomic E-state index is 12.7. The predicted octanol–water partition coefficient (Wildman–Crippen LogP) is 1.49. The molecule has 1 aromatic heterocycles. The van der Waals surface area contributed by atoms with Gasteiger partial charge in [-0.05, 0) is 18.6 Å². The second-order valence-electron chi connectivity index (χ2n) is 7.38. The number of amides is 1. The van der Waals surface area contributed by atoms with Crippen molar-refractivity contribution in [1.82, 2.24) is 14.7 Å². The zero-order chi connectivity index (χ0) is 18.8. The number of piperazine rings is 1. The predicted molar refractivity (Wildman–Crippen MR) is 105 cm³/mol. The molecular formula is C20H27N5O2. The summed E-state index contributed by atoms with van der Waals surface area (Å²) in [7, 11) is 1.87. The van der Waals surface area contributed by atoms with Gasteiger partial charge in [0.2, 0.25) is 5.91 Å². The topological polar surface area (TPSA) is 53.8 Å². The highest BCUT2D eigenvalue weighted by Crippen LogP contribution is 2.25. The van der Waals surface area contributed by atoms with Crippen LogP contribution in [0.3, 0.4) is 0 Å². The molecule has 0 spiro atoms. The van der Waals surface area contributed by atoms with E-state index < -0.39 is 0 Å². The molecule has 0 N–H and O–H groups in total. The fourth-order valence-electron chi connectivity index (χ4n) is 3.91. The minimum absolute atomic E-state index is 0.131. The van der Waals surface area contributed by atoms with E-state index in [0.29, 0.717) is 13.1 Å². The quantitative estimate of drug-likeness (QED) is 0.817. The Labute approximate surface area is 160 Å². The van der Waals surface area contributed by atoms with E-state index in [9.17, 15) is 4.79 Å². The molecule has 27 heavy (non-hydrogen) atoms. The van der Waals surface area contributed by atoms with Crippen LogP contribution in [-0.4, -0.2) is 66.0 Å². The molecule has 7 nitrogen and oxygen atoms in total. The summed E-state index contributed by atoms with van der Waals surface area (Å²) in [6.45, 7) is 7.47. The molecule has 2 aromatic rings. The van der Waals surface area contributed by atoms with Crippen LogP contribution in [0.25, 0.3) is 0 Å². The van der Waals surface area contributed by atoms with Crippen LogP contribution >= 0.6 is 0 Å². The molecule has 0 saturated carbocycles. The van der Waals surface area contributed by atoms with E-state index in [1.807, 2.05) is 18.1 Å². The van der Waals surface area contributed by atoms with Gasteiger partial charge in [0.1, 0.15) is 0 Å². The van der Waals surface area contributed by atoms with Gasteiger partial charge in [-0.3, -0.25) is 14.4 Å². The average molecular weight is 369 g/mol. The first-order chi connectivity index (χ1) is 13.1. The molecule has 1 amide bonds. The minimum atomic E-state index is 0.131. The van der Waals surface area contributed by atoms with Crippen molar-refractivity contribution in [2.24, 2.45) is 7.05 Å². The fourth-order valence-corrected chi connectivity index (χ4v) is 3.91. The summed E-state index contributed by atoms with van der Waals surface area (Å²) in [5.41, 5.74) is 3.41. The van der Waals surface area contributed by atoms with Gasteiger partial charge in [0.15, 0.2) is 0 Å². The van der Waals surface area contributed by atoms with Crippen molar-refractivity contribution in [1.29, 1.82) is 0 Å². The molecule has 0 bridgehead atoms. The molecule has 0 radical (unpaired) electrons. The van der Waals surface area contributed by atoms with Crippen LogP contribution in [0.2, 0.25) is 0 Å². The Morgan fingerprint density at radius 2 is 2.07 bits per heavy atom. The SMILES string of the molecule is C[C@@H]1CN(c2ccccc2CN2CCN(c3cnn(C)c3)C(=O)C2)CCO1. The van der Waals surface area contributed by atoms with E-state index in [4.69, 9.17) is 4.74 Å². The lowest BCUT2D eigenvalue weighted by Gasteiger charge is -2.36. The third-order valence-corrected chi connectivity index (χ3v) is 5.27. The number of hydrogen-bond donors (Lipinski definition) is 0. The largest absolute Gasteiger partial charge is 0.375 e. The summed E-state index contributed by atoms with van der Waals surface area (Å²) in [6.07, 6.45) is 3.89. The van der Waals surface area contributed by atoms with E-state index in [-0.39, 0.29) is 12.0 Å². The molecule has 7 heteroatoms.